The van der Waals surface area contributed by atoms with E-state index in [1.807, 2.05) is 26.8 Å². The van der Waals surface area contributed by atoms with E-state index in [-0.39, 0.29) is 11.5 Å². The second-order valence-electron chi connectivity index (χ2n) is 4.52. The van der Waals surface area contributed by atoms with E-state index in [4.69, 9.17) is 9.52 Å². The van der Waals surface area contributed by atoms with Gasteiger partial charge in [-0.05, 0) is 31.0 Å². The normalized spacial score (nSPS) is 10.9. The molecular weight excluding hydrogens is 262 g/mol. The van der Waals surface area contributed by atoms with Gasteiger partial charge in [-0.2, -0.15) is 0 Å². The van der Waals surface area contributed by atoms with Crippen molar-refractivity contribution in [1.82, 2.24) is 4.98 Å². The quantitative estimate of drug-likeness (QED) is 0.916. The van der Waals surface area contributed by atoms with Crippen LogP contribution in [0.25, 0.3) is 0 Å². The molecule has 2 rings (SSSR count). The molecule has 0 aliphatic rings. The summed E-state index contributed by atoms with van der Waals surface area (Å²) in [5.41, 5.74) is 1.05. The molecule has 0 atom stereocenters. The third-order valence-corrected chi connectivity index (χ3v) is 3.75. The third kappa shape index (κ3) is 3.17. The molecule has 2 aromatic heterocycles. The smallest absolute Gasteiger partial charge is 0.335 e. The van der Waals surface area contributed by atoms with E-state index in [2.05, 4.69) is 4.98 Å². The van der Waals surface area contributed by atoms with Crippen LogP contribution >= 0.6 is 11.8 Å². The molecule has 0 unspecified atom stereocenters. The molecule has 4 nitrogen and oxygen atoms in total. The van der Waals surface area contributed by atoms with Crippen LogP contribution in [0, 0.1) is 6.92 Å². The minimum atomic E-state index is -0.935. The fourth-order valence-electron chi connectivity index (χ4n) is 1.59. The second-order valence-corrected chi connectivity index (χ2v) is 5.58. The van der Waals surface area contributed by atoms with E-state index in [1.54, 1.807) is 18.4 Å². The summed E-state index contributed by atoms with van der Waals surface area (Å²) in [5, 5.41) is 9.81. The largest absolute Gasteiger partial charge is 0.478 e. The van der Waals surface area contributed by atoms with Gasteiger partial charge >= 0.3 is 5.97 Å². The molecule has 0 amide bonds. The number of rotatable bonds is 4. The Morgan fingerprint density at radius 2 is 2.16 bits per heavy atom. The molecule has 5 heteroatoms. The summed E-state index contributed by atoms with van der Waals surface area (Å²) in [5.74, 6) is 0.0535. The van der Waals surface area contributed by atoms with Gasteiger partial charge in [0.1, 0.15) is 10.8 Å². The minimum absolute atomic E-state index is 0.184. The van der Waals surface area contributed by atoms with Crippen LogP contribution in [-0.4, -0.2) is 16.1 Å². The minimum Gasteiger partial charge on any atom is -0.478 e. The van der Waals surface area contributed by atoms with Crippen molar-refractivity contribution in [2.45, 2.75) is 36.6 Å². The maximum absolute atomic E-state index is 11.1. The molecular formula is C14H15NO3S. The zero-order valence-corrected chi connectivity index (χ0v) is 11.8. The SMILES string of the molecule is Cc1occc1Sc1cc(C(=O)O)cc(C(C)C)n1. The number of hydrogen-bond acceptors (Lipinski definition) is 4. The van der Waals surface area contributed by atoms with Gasteiger partial charge in [0, 0.05) is 5.69 Å². The van der Waals surface area contributed by atoms with Crippen molar-refractivity contribution in [2.75, 3.05) is 0 Å². The average Bonchev–Trinajstić information content (AvgIpc) is 2.74. The standard InChI is InChI=1S/C14H15NO3S/c1-8(2)11-6-10(14(16)17)7-13(15-11)19-12-4-5-18-9(12)3/h4-8H,1-3H3,(H,16,17). The summed E-state index contributed by atoms with van der Waals surface area (Å²) in [4.78, 5) is 16.6. The van der Waals surface area contributed by atoms with E-state index in [9.17, 15) is 4.79 Å². The third-order valence-electron chi connectivity index (χ3n) is 2.69. The Morgan fingerprint density at radius 3 is 2.68 bits per heavy atom. The van der Waals surface area contributed by atoms with E-state index >= 15 is 0 Å². The molecule has 1 N–H and O–H groups in total. The highest BCUT2D eigenvalue weighted by atomic mass is 32.2. The van der Waals surface area contributed by atoms with E-state index < -0.39 is 5.97 Å². The number of carboxylic acids is 1. The number of furan rings is 1. The van der Waals surface area contributed by atoms with E-state index in [1.165, 1.54) is 11.8 Å². The van der Waals surface area contributed by atoms with Gasteiger partial charge in [-0.1, -0.05) is 25.6 Å². The van der Waals surface area contributed by atoms with E-state index in [0.717, 1.165) is 16.3 Å². The molecule has 2 aromatic rings. The highest BCUT2D eigenvalue weighted by Gasteiger charge is 2.13. The first-order valence-electron chi connectivity index (χ1n) is 5.94. The van der Waals surface area contributed by atoms with Gasteiger partial charge in [0.25, 0.3) is 0 Å². The summed E-state index contributed by atoms with van der Waals surface area (Å²) in [7, 11) is 0. The molecule has 0 saturated heterocycles. The Balaban J connectivity index is 2.39. The Hall–Kier alpha value is -1.75. The molecule has 0 aliphatic carbocycles. The number of carboxylic acid groups (broad SMARTS) is 1. The number of carbonyl (C=O) groups is 1. The van der Waals surface area contributed by atoms with Gasteiger partial charge in [-0.25, -0.2) is 9.78 Å². The van der Waals surface area contributed by atoms with Crippen molar-refractivity contribution in [2.24, 2.45) is 0 Å². The van der Waals surface area contributed by atoms with Crippen LogP contribution in [0.2, 0.25) is 0 Å². The molecule has 0 bridgehead atoms. The molecule has 0 radical (unpaired) electrons. The van der Waals surface area contributed by atoms with Gasteiger partial charge in [0.15, 0.2) is 0 Å². The van der Waals surface area contributed by atoms with Crippen LogP contribution in [0.3, 0.4) is 0 Å². The summed E-state index contributed by atoms with van der Waals surface area (Å²) in [6.45, 7) is 5.85. The summed E-state index contributed by atoms with van der Waals surface area (Å²) in [6, 6.07) is 5.06. The van der Waals surface area contributed by atoms with Gasteiger partial charge < -0.3 is 9.52 Å². The summed E-state index contributed by atoms with van der Waals surface area (Å²) >= 11 is 1.42. The topological polar surface area (TPSA) is 63.3 Å². The lowest BCUT2D eigenvalue weighted by atomic mass is 10.1. The molecule has 0 fully saturated rings. The van der Waals surface area contributed by atoms with Crippen molar-refractivity contribution in [1.29, 1.82) is 0 Å². The lowest BCUT2D eigenvalue weighted by Gasteiger charge is -2.08. The Morgan fingerprint density at radius 1 is 1.42 bits per heavy atom. The van der Waals surface area contributed by atoms with Gasteiger partial charge in [-0.15, -0.1) is 0 Å². The second kappa shape index (κ2) is 5.48. The summed E-state index contributed by atoms with van der Waals surface area (Å²) < 4.78 is 5.23. The molecule has 100 valence electrons. The lowest BCUT2D eigenvalue weighted by molar-refractivity contribution is 0.0696. The highest BCUT2D eigenvalue weighted by Crippen LogP contribution is 2.31. The predicted octanol–water partition coefficient (Wildman–Crippen LogP) is 3.96. The number of nitrogens with zero attached hydrogens (tertiary/aromatic N) is 1. The van der Waals surface area contributed by atoms with Crippen molar-refractivity contribution in [3.8, 4) is 0 Å². The Kier molecular flexibility index (Phi) is 3.95. The fourth-order valence-corrected chi connectivity index (χ4v) is 2.47. The molecule has 2 heterocycles. The Bertz CT molecular complexity index is 604. The van der Waals surface area contributed by atoms with Gasteiger partial charge in [0.05, 0.1) is 16.7 Å². The number of aromatic nitrogens is 1. The first kappa shape index (κ1) is 13.7. The van der Waals surface area contributed by atoms with Crippen LogP contribution in [0.5, 0.6) is 0 Å². The Labute approximate surface area is 115 Å². The molecule has 0 aliphatic heterocycles. The van der Waals surface area contributed by atoms with Crippen LogP contribution in [-0.2, 0) is 0 Å². The predicted molar refractivity (Wildman–Crippen MR) is 72.9 cm³/mol. The first-order chi connectivity index (χ1) is 8.97. The van der Waals surface area contributed by atoms with Gasteiger partial charge in [0.2, 0.25) is 0 Å². The molecule has 19 heavy (non-hydrogen) atoms. The van der Waals surface area contributed by atoms with Crippen LogP contribution in [0.1, 0.15) is 41.6 Å². The first-order valence-corrected chi connectivity index (χ1v) is 6.76. The van der Waals surface area contributed by atoms with Crippen molar-refractivity contribution < 1.29 is 14.3 Å². The zero-order valence-electron chi connectivity index (χ0n) is 11.0. The number of pyridine rings is 1. The van der Waals surface area contributed by atoms with Crippen LogP contribution < -0.4 is 0 Å². The molecule has 0 saturated carbocycles. The monoisotopic (exact) mass is 277 g/mol. The molecule has 0 aromatic carbocycles. The van der Waals surface area contributed by atoms with Crippen molar-refractivity contribution in [3.63, 3.8) is 0 Å². The number of aryl methyl sites for hydroxylation is 1. The number of aromatic carboxylic acids is 1. The molecule has 0 spiro atoms. The maximum atomic E-state index is 11.1. The van der Waals surface area contributed by atoms with Gasteiger partial charge in [-0.3, -0.25) is 0 Å². The fraction of sp³-hybridized carbons (Fsp3) is 0.286. The van der Waals surface area contributed by atoms with Crippen molar-refractivity contribution in [3.05, 3.63) is 41.5 Å². The van der Waals surface area contributed by atoms with Crippen LogP contribution in [0.4, 0.5) is 0 Å². The summed E-state index contributed by atoms with van der Waals surface area (Å²) in [6.07, 6.45) is 1.61. The number of hydrogen-bond donors (Lipinski definition) is 1. The average molecular weight is 277 g/mol. The highest BCUT2D eigenvalue weighted by molar-refractivity contribution is 7.99. The zero-order chi connectivity index (χ0) is 14.0. The maximum Gasteiger partial charge on any atom is 0.335 e. The van der Waals surface area contributed by atoms with Crippen LogP contribution in [0.15, 0.2) is 38.8 Å². The van der Waals surface area contributed by atoms with Crippen molar-refractivity contribution >= 4 is 17.7 Å². The van der Waals surface area contributed by atoms with E-state index in [0.29, 0.717) is 5.03 Å². The lowest BCUT2D eigenvalue weighted by Crippen LogP contribution is -2.02.